The Labute approximate surface area is 123 Å². The summed E-state index contributed by atoms with van der Waals surface area (Å²) in [6.45, 7) is 2.27. The molecule has 0 radical (unpaired) electrons. The molecule has 0 saturated carbocycles. The van der Waals surface area contributed by atoms with E-state index in [0.29, 0.717) is 12.5 Å². The van der Waals surface area contributed by atoms with Gasteiger partial charge in [-0.15, -0.1) is 10.2 Å². The highest BCUT2D eigenvalue weighted by Crippen LogP contribution is 2.30. The van der Waals surface area contributed by atoms with Crippen LogP contribution in [0.5, 0.6) is 0 Å². The molecule has 0 N–H and O–H groups in total. The maximum atomic E-state index is 13.0. The van der Waals surface area contributed by atoms with Crippen molar-refractivity contribution in [2.45, 2.75) is 18.9 Å². The second kappa shape index (κ2) is 5.81. The molecule has 0 spiro atoms. The van der Waals surface area contributed by atoms with Crippen LogP contribution in [0.3, 0.4) is 0 Å². The van der Waals surface area contributed by atoms with Crippen LogP contribution < -0.4 is 4.90 Å². The predicted molar refractivity (Wildman–Crippen MR) is 77.7 cm³/mol. The van der Waals surface area contributed by atoms with Gasteiger partial charge < -0.3 is 9.64 Å². The minimum absolute atomic E-state index is 0.189. The summed E-state index contributed by atoms with van der Waals surface area (Å²) in [5.74, 6) is 1.91. The summed E-state index contributed by atoms with van der Waals surface area (Å²) in [5.41, 5.74) is 1.18. The van der Waals surface area contributed by atoms with Crippen LogP contribution in [0.15, 0.2) is 24.3 Å². The first-order valence-electron chi connectivity index (χ1n) is 7.06. The van der Waals surface area contributed by atoms with Crippen molar-refractivity contribution in [3.05, 3.63) is 41.5 Å². The zero-order valence-corrected chi connectivity index (χ0v) is 12.3. The fraction of sp³-hybridized carbons (Fsp3) is 0.467. The van der Waals surface area contributed by atoms with Gasteiger partial charge in [-0.3, -0.25) is 4.57 Å². The van der Waals surface area contributed by atoms with Gasteiger partial charge in [0.2, 0.25) is 5.95 Å². The molecule has 1 aromatic heterocycles. The van der Waals surface area contributed by atoms with E-state index >= 15 is 0 Å². The molecule has 1 aromatic carbocycles. The molecule has 2 aromatic rings. The van der Waals surface area contributed by atoms with Crippen LogP contribution in [0.4, 0.5) is 10.3 Å². The van der Waals surface area contributed by atoms with Crippen molar-refractivity contribution in [2.24, 2.45) is 7.05 Å². The van der Waals surface area contributed by atoms with Gasteiger partial charge >= 0.3 is 0 Å². The molecule has 2 heterocycles. The Hall–Kier alpha value is -1.95. The minimum Gasteiger partial charge on any atom is -0.377 e. The zero-order valence-electron chi connectivity index (χ0n) is 12.3. The Kier molecular flexibility index (Phi) is 3.88. The van der Waals surface area contributed by atoms with Gasteiger partial charge in [0, 0.05) is 33.2 Å². The zero-order chi connectivity index (χ0) is 14.8. The van der Waals surface area contributed by atoms with Crippen molar-refractivity contribution in [2.75, 3.05) is 25.1 Å². The van der Waals surface area contributed by atoms with E-state index in [-0.39, 0.29) is 5.82 Å². The minimum atomic E-state index is -0.189. The van der Waals surface area contributed by atoms with Gasteiger partial charge in [0.1, 0.15) is 12.4 Å². The Morgan fingerprint density at radius 1 is 1.29 bits per heavy atom. The average Bonchev–Trinajstić information content (AvgIpc) is 3.08. The molecule has 6 heteroatoms. The van der Waals surface area contributed by atoms with Crippen LogP contribution in [0, 0.1) is 5.82 Å². The molecule has 3 rings (SSSR count). The van der Waals surface area contributed by atoms with E-state index in [1.807, 2.05) is 23.7 Å². The second-order valence-electron chi connectivity index (χ2n) is 5.39. The first kappa shape index (κ1) is 14.0. The average molecular weight is 290 g/mol. The predicted octanol–water partition coefficient (Wildman–Crippen LogP) is 2.09. The SMILES string of the molecule is COCc1nnc(N2CCC(c3ccc(F)cc3)C2)n1C. The summed E-state index contributed by atoms with van der Waals surface area (Å²) in [6, 6.07) is 6.79. The fourth-order valence-corrected chi connectivity index (χ4v) is 2.83. The highest BCUT2D eigenvalue weighted by molar-refractivity contribution is 5.36. The number of hydrogen-bond donors (Lipinski definition) is 0. The second-order valence-corrected chi connectivity index (χ2v) is 5.39. The maximum Gasteiger partial charge on any atom is 0.227 e. The summed E-state index contributed by atoms with van der Waals surface area (Å²) in [5, 5.41) is 8.41. The summed E-state index contributed by atoms with van der Waals surface area (Å²) in [7, 11) is 3.60. The highest BCUT2D eigenvalue weighted by atomic mass is 19.1. The van der Waals surface area contributed by atoms with Crippen molar-refractivity contribution < 1.29 is 9.13 Å². The van der Waals surface area contributed by atoms with Gasteiger partial charge in [0.25, 0.3) is 0 Å². The third-order valence-electron chi connectivity index (χ3n) is 4.03. The molecule has 1 aliphatic rings. The van der Waals surface area contributed by atoms with Crippen molar-refractivity contribution in [1.82, 2.24) is 14.8 Å². The molecule has 0 aliphatic carbocycles. The molecular weight excluding hydrogens is 271 g/mol. The Balaban J connectivity index is 1.73. The fourth-order valence-electron chi connectivity index (χ4n) is 2.83. The lowest BCUT2D eigenvalue weighted by Crippen LogP contribution is -2.23. The van der Waals surface area contributed by atoms with Crippen LogP contribution >= 0.6 is 0 Å². The molecule has 112 valence electrons. The number of methoxy groups -OCH3 is 1. The van der Waals surface area contributed by atoms with Crippen molar-refractivity contribution in [1.29, 1.82) is 0 Å². The van der Waals surface area contributed by atoms with Crippen LogP contribution in [-0.4, -0.2) is 35.0 Å². The molecule has 0 bridgehead atoms. The quantitative estimate of drug-likeness (QED) is 0.865. The number of hydrogen-bond acceptors (Lipinski definition) is 4. The molecular formula is C15H19FN4O. The number of rotatable bonds is 4. The van der Waals surface area contributed by atoms with Gasteiger partial charge in [-0.25, -0.2) is 4.39 Å². The Morgan fingerprint density at radius 3 is 2.76 bits per heavy atom. The number of benzene rings is 1. The smallest absolute Gasteiger partial charge is 0.227 e. The van der Waals surface area contributed by atoms with Gasteiger partial charge in [-0.1, -0.05) is 12.1 Å². The normalized spacial score (nSPS) is 18.4. The van der Waals surface area contributed by atoms with Crippen molar-refractivity contribution in [3.8, 4) is 0 Å². The summed E-state index contributed by atoms with van der Waals surface area (Å²) < 4.78 is 20.1. The molecule has 1 unspecified atom stereocenters. The highest BCUT2D eigenvalue weighted by Gasteiger charge is 2.27. The topological polar surface area (TPSA) is 43.2 Å². The molecule has 1 atom stereocenters. The van der Waals surface area contributed by atoms with Gasteiger partial charge in [-0.05, 0) is 24.1 Å². The van der Waals surface area contributed by atoms with E-state index in [9.17, 15) is 4.39 Å². The molecule has 0 amide bonds. The Morgan fingerprint density at radius 2 is 2.05 bits per heavy atom. The van der Waals surface area contributed by atoms with Gasteiger partial charge in [0.05, 0.1) is 0 Å². The lowest BCUT2D eigenvalue weighted by atomic mass is 9.99. The van der Waals surface area contributed by atoms with Crippen LogP contribution in [0.25, 0.3) is 0 Å². The lowest BCUT2D eigenvalue weighted by Gasteiger charge is -2.17. The number of nitrogens with zero attached hydrogens (tertiary/aromatic N) is 4. The molecule has 5 nitrogen and oxygen atoms in total. The number of anilines is 1. The van der Waals surface area contributed by atoms with Crippen LogP contribution in [0.2, 0.25) is 0 Å². The monoisotopic (exact) mass is 290 g/mol. The van der Waals surface area contributed by atoms with E-state index < -0.39 is 0 Å². The van der Waals surface area contributed by atoms with Crippen molar-refractivity contribution >= 4 is 5.95 Å². The van der Waals surface area contributed by atoms with Crippen LogP contribution in [0.1, 0.15) is 23.7 Å². The molecule has 1 aliphatic heterocycles. The molecule has 1 fully saturated rings. The van der Waals surface area contributed by atoms with E-state index in [1.165, 1.54) is 17.7 Å². The molecule has 1 saturated heterocycles. The first-order valence-corrected chi connectivity index (χ1v) is 7.06. The van der Waals surface area contributed by atoms with E-state index in [4.69, 9.17) is 4.74 Å². The van der Waals surface area contributed by atoms with Crippen molar-refractivity contribution in [3.63, 3.8) is 0 Å². The standard InChI is InChI=1S/C15H19FN4O/c1-19-14(10-21-2)17-18-15(19)20-8-7-12(9-20)11-3-5-13(16)6-4-11/h3-6,12H,7-10H2,1-2H3. The largest absolute Gasteiger partial charge is 0.377 e. The first-order chi connectivity index (χ1) is 10.2. The third-order valence-corrected chi connectivity index (χ3v) is 4.03. The lowest BCUT2D eigenvalue weighted by molar-refractivity contribution is 0.175. The third kappa shape index (κ3) is 2.76. The van der Waals surface area contributed by atoms with Gasteiger partial charge in [-0.2, -0.15) is 0 Å². The van der Waals surface area contributed by atoms with Gasteiger partial charge in [0.15, 0.2) is 5.82 Å². The van der Waals surface area contributed by atoms with E-state index in [1.54, 1.807) is 7.11 Å². The number of aromatic nitrogens is 3. The van der Waals surface area contributed by atoms with E-state index in [2.05, 4.69) is 15.1 Å². The van der Waals surface area contributed by atoms with E-state index in [0.717, 1.165) is 31.3 Å². The summed E-state index contributed by atoms with van der Waals surface area (Å²) in [6.07, 6.45) is 1.04. The number of ether oxygens (including phenoxy) is 1. The summed E-state index contributed by atoms with van der Waals surface area (Å²) in [4.78, 5) is 2.22. The number of halogens is 1. The summed E-state index contributed by atoms with van der Waals surface area (Å²) >= 11 is 0. The Bertz CT molecular complexity index is 611. The maximum absolute atomic E-state index is 13.0. The molecule has 21 heavy (non-hydrogen) atoms. The van der Waals surface area contributed by atoms with Crippen LogP contribution in [-0.2, 0) is 18.4 Å².